The first kappa shape index (κ1) is 14.0. The molecule has 0 atom stereocenters. The molecule has 0 fully saturated rings. The Morgan fingerprint density at radius 3 is 2.90 bits per heavy atom. The molecule has 0 spiro atoms. The lowest BCUT2D eigenvalue weighted by Crippen LogP contribution is -2.12. The maximum absolute atomic E-state index is 10.9. The summed E-state index contributed by atoms with van der Waals surface area (Å²) in [4.78, 5) is 14.7. The zero-order valence-electron chi connectivity index (χ0n) is 11.4. The van der Waals surface area contributed by atoms with Gasteiger partial charge in [0.2, 0.25) is 0 Å². The summed E-state index contributed by atoms with van der Waals surface area (Å²) in [6.07, 6.45) is 3.55. The van der Waals surface area contributed by atoms with E-state index in [0.717, 1.165) is 11.4 Å². The summed E-state index contributed by atoms with van der Waals surface area (Å²) in [6.45, 7) is 1.15. The SMILES string of the molecule is CNCc1nccn1Cc1cc(OC)cc([N+](=O)[O-])c1. The van der Waals surface area contributed by atoms with Gasteiger partial charge in [0.1, 0.15) is 11.6 Å². The number of nitrogens with one attached hydrogen (secondary N) is 1. The standard InChI is InChI=1S/C13H16N4O3/c1-14-8-13-15-3-4-16(13)9-10-5-11(17(18)19)7-12(6-10)20-2/h3-7,14H,8-9H2,1-2H3. The topological polar surface area (TPSA) is 82.2 Å². The highest BCUT2D eigenvalue weighted by Gasteiger charge is 2.11. The summed E-state index contributed by atoms with van der Waals surface area (Å²) in [5.41, 5.74) is 0.820. The molecule has 0 unspecified atom stereocenters. The van der Waals surface area contributed by atoms with Crippen molar-refractivity contribution in [2.24, 2.45) is 0 Å². The van der Waals surface area contributed by atoms with Crippen LogP contribution < -0.4 is 10.1 Å². The smallest absolute Gasteiger partial charge is 0.273 e. The fraction of sp³-hybridized carbons (Fsp3) is 0.308. The molecule has 0 amide bonds. The number of non-ortho nitro benzene ring substituents is 1. The van der Waals surface area contributed by atoms with Gasteiger partial charge in [-0.3, -0.25) is 10.1 Å². The molecule has 0 aliphatic carbocycles. The zero-order chi connectivity index (χ0) is 14.5. The zero-order valence-corrected chi connectivity index (χ0v) is 11.4. The fourth-order valence-corrected chi connectivity index (χ4v) is 1.96. The number of nitro benzene ring substituents is 1. The normalized spacial score (nSPS) is 10.5. The van der Waals surface area contributed by atoms with Crippen LogP contribution in [-0.4, -0.2) is 28.6 Å². The Balaban J connectivity index is 2.30. The molecule has 1 aromatic carbocycles. The van der Waals surface area contributed by atoms with Gasteiger partial charge in [-0.25, -0.2) is 4.98 Å². The summed E-state index contributed by atoms with van der Waals surface area (Å²) < 4.78 is 7.04. The van der Waals surface area contributed by atoms with Crippen molar-refractivity contribution in [1.29, 1.82) is 0 Å². The van der Waals surface area contributed by atoms with Crippen LogP contribution in [0.25, 0.3) is 0 Å². The molecule has 1 aromatic heterocycles. The number of nitrogens with zero attached hydrogens (tertiary/aromatic N) is 3. The van der Waals surface area contributed by atoms with Crippen LogP contribution in [0.4, 0.5) is 5.69 Å². The van der Waals surface area contributed by atoms with Crippen LogP contribution in [0.3, 0.4) is 0 Å². The van der Waals surface area contributed by atoms with E-state index in [2.05, 4.69) is 10.3 Å². The maximum Gasteiger partial charge on any atom is 0.273 e. The molecule has 2 aromatic rings. The monoisotopic (exact) mass is 276 g/mol. The van der Waals surface area contributed by atoms with E-state index in [1.165, 1.54) is 13.2 Å². The number of hydrogen-bond donors (Lipinski definition) is 1. The van der Waals surface area contributed by atoms with Gasteiger partial charge in [0.05, 0.1) is 24.6 Å². The van der Waals surface area contributed by atoms with E-state index in [9.17, 15) is 10.1 Å². The summed E-state index contributed by atoms with van der Waals surface area (Å²) in [5, 5.41) is 13.9. The van der Waals surface area contributed by atoms with Crippen molar-refractivity contribution in [3.8, 4) is 5.75 Å². The number of methoxy groups -OCH3 is 1. The molecule has 106 valence electrons. The third-order valence-electron chi connectivity index (χ3n) is 2.89. The Morgan fingerprint density at radius 1 is 1.45 bits per heavy atom. The summed E-state index contributed by atoms with van der Waals surface area (Å²) in [7, 11) is 3.34. The molecule has 2 rings (SSSR count). The van der Waals surface area contributed by atoms with Gasteiger partial charge in [-0.15, -0.1) is 0 Å². The molecule has 0 saturated carbocycles. The van der Waals surface area contributed by atoms with Gasteiger partial charge < -0.3 is 14.6 Å². The van der Waals surface area contributed by atoms with Crippen LogP contribution in [0.1, 0.15) is 11.4 Å². The number of ether oxygens (including phenoxy) is 1. The van der Waals surface area contributed by atoms with Crippen molar-refractivity contribution >= 4 is 5.69 Å². The minimum absolute atomic E-state index is 0.0228. The number of nitro groups is 1. The quantitative estimate of drug-likeness (QED) is 0.639. The fourth-order valence-electron chi connectivity index (χ4n) is 1.96. The van der Waals surface area contributed by atoms with E-state index in [4.69, 9.17) is 4.74 Å². The molecule has 0 aliphatic heterocycles. The summed E-state index contributed by atoms with van der Waals surface area (Å²) >= 11 is 0. The van der Waals surface area contributed by atoms with Crippen molar-refractivity contribution in [2.45, 2.75) is 13.1 Å². The van der Waals surface area contributed by atoms with Gasteiger partial charge in [0.15, 0.2) is 0 Å². The van der Waals surface area contributed by atoms with Crippen LogP contribution in [0.5, 0.6) is 5.75 Å². The number of aromatic nitrogens is 2. The highest BCUT2D eigenvalue weighted by atomic mass is 16.6. The Kier molecular flexibility index (Phi) is 4.31. The third-order valence-corrected chi connectivity index (χ3v) is 2.89. The second-order valence-electron chi connectivity index (χ2n) is 4.30. The molecule has 0 bridgehead atoms. The first-order valence-corrected chi connectivity index (χ1v) is 6.11. The van der Waals surface area contributed by atoms with Gasteiger partial charge in [-0.1, -0.05) is 0 Å². The van der Waals surface area contributed by atoms with E-state index in [0.29, 0.717) is 18.8 Å². The van der Waals surface area contributed by atoms with Crippen LogP contribution in [0.2, 0.25) is 0 Å². The highest BCUT2D eigenvalue weighted by molar-refractivity contribution is 5.43. The van der Waals surface area contributed by atoms with E-state index in [1.54, 1.807) is 18.3 Å². The third kappa shape index (κ3) is 3.12. The average Bonchev–Trinajstić information content (AvgIpc) is 2.86. The van der Waals surface area contributed by atoms with Crippen LogP contribution >= 0.6 is 0 Å². The van der Waals surface area contributed by atoms with Gasteiger partial charge in [-0.05, 0) is 18.7 Å². The van der Waals surface area contributed by atoms with E-state index >= 15 is 0 Å². The second-order valence-corrected chi connectivity index (χ2v) is 4.30. The number of imidazole rings is 1. The summed E-state index contributed by atoms with van der Waals surface area (Å²) in [5.74, 6) is 1.35. The Hall–Kier alpha value is -2.41. The molecule has 7 nitrogen and oxygen atoms in total. The van der Waals surface area contributed by atoms with Crippen LogP contribution in [-0.2, 0) is 13.1 Å². The lowest BCUT2D eigenvalue weighted by atomic mass is 10.2. The molecule has 1 heterocycles. The molecule has 0 radical (unpaired) electrons. The minimum Gasteiger partial charge on any atom is -0.496 e. The highest BCUT2D eigenvalue weighted by Crippen LogP contribution is 2.23. The minimum atomic E-state index is -0.422. The summed E-state index contributed by atoms with van der Waals surface area (Å²) in [6, 6.07) is 4.74. The molecular weight excluding hydrogens is 260 g/mol. The molecular formula is C13H16N4O3. The van der Waals surface area contributed by atoms with Gasteiger partial charge in [-0.2, -0.15) is 0 Å². The Morgan fingerprint density at radius 2 is 2.25 bits per heavy atom. The molecule has 0 saturated heterocycles. The first-order valence-electron chi connectivity index (χ1n) is 6.11. The van der Waals surface area contributed by atoms with Crippen molar-refractivity contribution in [1.82, 2.24) is 14.9 Å². The molecule has 20 heavy (non-hydrogen) atoms. The van der Waals surface area contributed by atoms with E-state index < -0.39 is 4.92 Å². The predicted octanol–water partition coefficient (Wildman–Crippen LogP) is 1.57. The number of rotatable bonds is 6. The van der Waals surface area contributed by atoms with E-state index in [1.807, 2.05) is 17.8 Å². The largest absolute Gasteiger partial charge is 0.496 e. The van der Waals surface area contributed by atoms with Gasteiger partial charge >= 0.3 is 0 Å². The Labute approximate surface area is 116 Å². The predicted molar refractivity (Wildman–Crippen MR) is 73.7 cm³/mol. The second kappa shape index (κ2) is 6.16. The van der Waals surface area contributed by atoms with Crippen molar-refractivity contribution in [3.05, 3.63) is 52.1 Å². The Bertz CT molecular complexity index is 609. The van der Waals surface area contributed by atoms with E-state index in [-0.39, 0.29) is 5.69 Å². The van der Waals surface area contributed by atoms with Crippen LogP contribution in [0, 0.1) is 10.1 Å². The van der Waals surface area contributed by atoms with Crippen molar-refractivity contribution < 1.29 is 9.66 Å². The lowest BCUT2D eigenvalue weighted by molar-refractivity contribution is -0.385. The lowest BCUT2D eigenvalue weighted by Gasteiger charge is -2.09. The maximum atomic E-state index is 10.9. The van der Waals surface area contributed by atoms with Crippen molar-refractivity contribution in [2.75, 3.05) is 14.2 Å². The van der Waals surface area contributed by atoms with Crippen LogP contribution in [0.15, 0.2) is 30.6 Å². The average molecular weight is 276 g/mol. The van der Waals surface area contributed by atoms with Gasteiger partial charge in [0, 0.05) is 25.0 Å². The molecule has 7 heteroatoms. The molecule has 1 N–H and O–H groups in total. The number of hydrogen-bond acceptors (Lipinski definition) is 5. The first-order chi connectivity index (χ1) is 9.63. The molecule has 0 aliphatic rings. The van der Waals surface area contributed by atoms with Gasteiger partial charge in [0.25, 0.3) is 5.69 Å². The van der Waals surface area contributed by atoms with Crippen molar-refractivity contribution in [3.63, 3.8) is 0 Å². The number of benzene rings is 1.